The third kappa shape index (κ3) is 4.81. The van der Waals surface area contributed by atoms with Crippen molar-refractivity contribution in [2.24, 2.45) is 10.7 Å². The van der Waals surface area contributed by atoms with E-state index in [4.69, 9.17) is 16.6 Å². The van der Waals surface area contributed by atoms with E-state index in [-0.39, 0.29) is 30.3 Å². The van der Waals surface area contributed by atoms with Gasteiger partial charge in [0.1, 0.15) is 0 Å². The van der Waals surface area contributed by atoms with Crippen molar-refractivity contribution in [1.82, 2.24) is 5.32 Å². The number of amidine groups is 1. The molecule has 0 unspecified atom stereocenters. The van der Waals surface area contributed by atoms with Gasteiger partial charge in [-0.2, -0.15) is 0 Å². The molecule has 0 saturated carbocycles. The van der Waals surface area contributed by atoms with Crippen LogP contribution in [0.15, 0.2) is 35.3 Å². The van der Waals surface area contributed by atoms with Crippen molar-refractivity contribution in [1.29, 1.82) is 5.41 Å². The first kappa shape index (κ1) is 6.61. The van der Waals surface area contributed by atoms with Crippen molar-refractivity contribution in [3.8, 4) is 0 Å². The summed E-state index contributed by atoms with van der Waals surface area (Å²) in [5, 5.41) is 9.56. The van der Waals surface area contributed by atoms with Crippen molar-refractivity contribution < 1.29 is 5.48 Å². The van der Waals surface area contributed by atoms with E-state index in [1.807, 2.05) is 0 Å². The van der Waals surface area contributed by atoms with Gasteiger partial charge in [0.05, 0.1) is 11.3 Å². The third-order valence-corrected chi connectivity index (χ3v) is 1.49. The minimum atomic E-state index is -2.00. The highest BCUT2D eigenvalue weighted by Gasteiger charge is 1.92. The van der Waals surface area contributed by atoms with Crippen LogP contribution in [-0.4, -0.2) is 18.3 Å². The highest BCUT2D eigenvalue weighted by molar-refractivity contribution is 5.96. The number of nitrogens with one attached hydrogen (secondary N) is 2. The molecule has 1 rings (SSSR count). The highest BCUT2D eigenvalue weighted by atomic mass is 15.1. The summed E-state index contributed by atoms with van der Waals surface area (Å²) in [5.74, 6) is -0.127. The van der Waals surface area contributed by atoms with Gasteiger partial charge in [0.2, 0.25) is 0 Å². The van der Waals surface area contributed by atoms with Crippen molar-refractivity contribution in [2.75, 3.05) is 6.50 Å². The summed E-state index contributed by atoms with van der Waals surface area (Å²) in [6.45, 7) is -0.542. The largest absolute Gasteiger partial charge is 0.370 e. The number of nitrogens with zero attached hydrogens (tertiary/aromatic N) is 1. The van der Waals surface area contributed by atoms with Gasteiger partial charge in [-0.25, -0.2) is 0 Å². The van der Waals surface area contributed by atoms with Crippen LogP contribution < -0.4 is 11.1 Å². The van der Waals surface area contributed by atoms with E-state index < -0.39 is 6.50 Å². The fourth-order valence-corrected chi connectivity index (χ4v) is 0.919. The van der Waals surface area contributed by atoms with Gasteiger partial charge >= 0.3 is 0 Å². The highest BCUT2D eigenvalue weighted by Crippen LogP contribution is 1.98. The Hall–Kier alpha value is -1.84. The van der Waals surface area contributed by atoms with Crippen molar-refractivity contribution in [2.45, 2.75) is 13.3 Å². The lowest BCUT2D eigenvalue weighted by molar-refractivity contribution is 0.955. The molecule has 1 aromatic rings. The second kappa shape index (κ2) is 5.80. The normalized spacial score (nSPS) is 15.9. The maximum absolute atomic E-state index is 7.75. The molecule has 0 amide bonds. The molecule has 15 heavy (non-hydrogen) atoms. The van der Waals surface area contributed by atoms with Crippen molar-refractivity contribution in [3.05, 3.63) is 35.8 Å². The Balaban J connectivity index is 2.89. The zero-order chi connectivity index (χ0) is 14.6. The number of aryl methyl sites for hydroxylation is 1. The molecular weight excluding hydrogens is 188 g/mol. The molecule has 0 heterocycles. The lowest BCUT2D eigenvalue weighted by Crippen LogP contribution is -2.35. The Morgan fingerprint density at radius 2 is 2.53 bits per heavy atom. The summed E-state index contributed by atoms with van der Waals surface area (Å²) in [5.41, 5.74) is 5.85. The van der Waals surface area contributed by atoms with Gasteiger partial charge in [-0.1, -0.05) is 30.3 Å². The number of nitrogens with two attached hydrogens (primary N) is 1. The average molecular weight is 208 g/mol. The van der Waals surface area contributed by atoms with Crippen LogP contribution in [-0.2, 0) is 6.42 Å². The lowest BCUT2D eigenvalue weighted by atomic mass is 10.2. The predicted molar refractivity (Wildman–Crippen MR) is 63.2 cm³/mol. The molecular formula is C11H16N4. The Labute approximate surface area is 95.3 Å². The van der Waals surface area contributed by atoms with Crippen LogP contribution in [0.4, 0.5) is 0 Å². The van der Waals surface area contributed by atoms with Crippen LogP contribution >= 0.6 is 0 Å². The van der Waals surface area contributed by atoms with Gasteiger partial charge in [0.25, 0.3) is 0 Å². The summed E-state index contributed by atoms with van der Waals surface area (Å²) >= 11 is 0. The fraction of sp³-hybridized carbons (Fsp3) is 0.273. The predicted octanol–water partition coefficient (Wildman–Crippen LogP) is 1.13. The molecule has 0 atom stereocenters. The van der Waals surface area contributed by atoms with Gasteiger partial charge < -0.3 is 11.1 Å². The molecule has 0 fully saturated rings. The molecule has 0 spiro atoms. The molecule has 0 aliphatic heterocycles. The number of rotatable bonds is 3. The Kier molecular flexibility index (Phi) is 2.55. The first-order valence-electron chi connectivity index (χ1n) is 6.43. The molecule has 4 heteroatoms. The second-order valence-corrected chi connectivity index (χ2v) is 2.90. The molecule has 0 aliphatic rings. The Morgan fingerprint density at radius 1 is 1.73 bits per heavy atom. The van der Waals surface area contributed by atoms with Crippen LogP contribution in [0.1, 0.15) is 18.0 Å². The Bertz CT molecular complexity index is 513. The SMILES string of the molecule is [2H]c1ccc([2H])c(CC([2H])([2H])N=C(N)NC(C)=N)c1. The van der Waals surface area contributed by atoms with Crippen LogP contribution in [0.3, 0.4) is 0 Å². The minimum Gasteiger partial charge on any atom is -0.370 e. The number of hydrogen-bond acceptors (Lipinski definition) is 2. The first-order chi connectivity index (χ1) is 8.69. The van der Waals surface area contributed by atoms with Crippen LogP contribution in [0, 0.1) is 5.41 Å². The smallest absolute Gasteiger partial charge is 0.194 e. The molecule has 0 saturated heterocycles. The van der Waals surface area contributed by atoms with E-state index in [2.05, 4.69) is 10.3 Å². The van der Waals surface area contributed by atoms with Crippen LogP contribution in [0.2, 0.25) is 0 Å². The van der Waals surface area contributed by atoms with Crippen LogP contribution in [0.5, 0.6) is 0 Å². The lowest BCUT2D eigenvalue weighted by Gasteiger charge is -2.02. The summed E-state index contributed by atoms with van der Waals surface area (Å²) in [6.07, 6.45) is -0.155. The van der Waals surface area contributed by atoms with Gasteiger partial charge in [0.15, 0.2) is 5.96 Å². The fourth-order valence-electron chi connectivity index (χ4n) is 0.919. The number of guanidine groups is 1. The summed E-state index contributed by atoms with van der Waals surface area (Å²) in [7, 11) is 0. The van der Waals surface area contributed by atoms with Gasteiger partial charge in [0, 0.05) is 6.50 Å². The van der Waals surface area contributed by atoms with Crippen LogP contribution in [0.25, 0.3) is 0 Å². The molecule has 4 nitrogen and oxygen atoms in total. The topological polar surface area (TPSA) is 74.3 Å². The van der Waals surface area contributed by atoms with E-state index >= 15 is 0 Å². The van der Waals surface area contributed by atoms with Gasteiger partial charge in [-0.15, -0.1) is 0 Å². The molecule has 0 radical (unpaired) electrons. The zero-order valence-corrected chi connectivity index (χ0v) is 8.46. The molecule has 0 aliphatic carbocycles. The van der Waals surface area contributed by atoms with E-state index in [0.29, 0.717) is 5.56 Å². The van der Waals surface area contributed by atoms with Crippen molar-refractivity contribution in [3.63, 3.8) is 0 Å². The molecule has 80 valence electrons. The maximum Gasteiger partial charge on any atom is 0.194 e. The molecule has 0 bridgehead atoms. The van der Waals surface area contributed by atoms with E-state index in [0.717, 1.165) is 0 Å². The third-order valence-electron chi connectivity index (χ3n) is 1.49. The van der Waals surface area contributed by atoms with Gasteiger partial charge in [-0.3, -0.25) is 10.4 Å². The maximum atomic E-state index is 7.75. The number of aliphatic imine (C=N–C) groups is 1. The van der Waals surface area contributed by atoms with E-state index in [1.165, 1.54) is 25.1 Å². The first-order valence-corrected chi connectivity index (χ1v) is 4.43. The zero-order valence-electron chi connectivity index (χ0n) is 12.5. The van der Waals surface area contributed by atoms with E-state index in [9.17, 15) is 0 Å². The molecule has 4 N–H and O–H groups in total. The number of benzene rings is 1. The summed E-state index contributed by atoms with van der Waals surface area (Å²) < 4.78 is 30.6. The molecule has 0 aromatic heterocycles. The number of hydrogen-bond donors (Lipinski definition) is 3. The monoisotopic (exact) mass is 208 g/mol. The summed E-state index contributed by atoms with van der Waals surface area (Å²) in [6, 6.07) is 4.72. The average Bonchev–Trinajstić information content (AvgIpc) is 2.20. The van der Waals surface area contributed by atoms with Crippen molar-refractivity contribution >= 4 is 11.8 Å². The Morgan fingerprint density at radius 3 is 3.27 bits per heavy atom. The quantitative estimate of drug-likeness (QED) is 0.514. The molecule has 1 aromatic carbocycles. The minimum absolute atomic E-state index is 0.0615. The standard InChI is InChI=1S/C11H16N4/c1-9(12)15-11(13)14-8-7-10-5-3-2-4-6-10/h2-6H,7-8H2,1H3,(H4,12,13,14,15)/i3D,6D,8D2. The van der Waals surface area contributed by atoms with Gasteiger partial charge in [-0.05, 0) is 18.9 Å². The summed E-state index contributed by atoms with van der Waals surface area (Å²) in [4.78, 5) is 3.65. The second-order valence-electron chi connectivity index (χ2n) is 2.90. The van der Waals surface area contributed by atoms with E-state index in [1.54, 1.807) is 0 Å².